The molecule has 0 saturated heterocycles. The maximum absolute atomic E-state index is 12.4. The number of aryl methyl sites for hydroxylation is 1. The second-order valence-electron chi connectivity index (χ2n) is 6.70. The highest BCUT2D eigenvalue weighted by Gasteiger charge is 2.17. The number of nitrogens with zero attached hydrogens (tertiary/aromatic N) is 3. The standard InChI is InChI=1S/C21H24N4OS/c1-14(2)25-16(4)23-24-21(25)27-15(3)18-11-8-12-19(13-18)22-20(26)17-9-6-5-7-10-17/h5-15H,1-4H3,(H,22,26). The van der Waals surface area contributed by atoms with Crippen molar-refractivity contribution in [2.45, 2.75) is 44.1 Å². The molecule has 5 nitrogen and oxygen atoms in total. The monoisotopic (exact) mass is 380 g/mol. The average Bonchev–Trinajstić information content (AvgIpc) is 3.03. The first kappa shape index (κ1) is 19.2. The number of hydrogen-bond acceptors (Lipinski definition) is 4. The summed E-state index contributed by atoms with van der Waals surface area (Å²) in [6.07, 6.45) is 0. The summed E-state index contributed by atoms with van der Waals surface area (Å²) in [4.78, 5) is 12.4. The minimum absolute atomic E-state index is 0.108. The van der Waals surface area contributed by atoms with Crippen LogP contribution in [0.4, 0.5) is 5.69 Å². The van der Waals surface area contributed by atoms with Gasteiger partial charge in [0.2, 0.25) is 0 Å². The Morgan fingerprint density at radius 2 is 1.78 bits per heavy atom. The molecular weight excluding hydrogens is 356 g/mol. The fraction of sp³-hybridized carbons (Fsp3) is 0.286. The lowest BCUT2D eigenvalue weighted by molar-refractivity contribution is 0.102. The van der Waals surface area contributed by atoms with E-state index in [0.29, 0.717) is 11.6 Å². The van der Waals surface area contributed by atoms with E-state index in [9.17, 15) is 4.79 Å². The molecule has 2 aromatic carbocycles. The van der Waals surface area contributed by atoms with Crippen LogP contribution >= 0.6 is 11.8 Å². The molecule has 1 heterocycles. The van der Waals surface area contributed by atoms with E-state index in [2.05, 4.69) is 46.9 Å². The maximum Gasteiger partial charge on any atom is 0.255 e. The number of aromatic nitrogens is 3. The molecule has 3 aromatic rings. The van der Waals surface area contributed by atoms with Crippen LogP contribution in [0.1, 0.15) is 53.8 Å². The first-order valence-electron chi connectivity index (χ1n) is 9.00. The predicted octanol–water partition coefficient (Wildman–Crippen LogP) is 5.27. The molecule has 27 heavy (non-hydrogen) atoms. The second-order valence-corrected chi connectivity index (χ2v) is 8.01. The zero-order chi connectivity index (χ0) is 19.4. The van der Waals surface area contributed by atoms with E-state index in [1.807, 2.05) is 43.3 Å². The van der Waals surface area contributed by atoms with E-state index in [-0.39, 0.29) is 11.2 Å². The number of thioether (sulfide) groups is 1. The molecule has 0 radical (unpaired) electrons. The topological polar surface area (TPSA) is 59.8 Å². The van der Waals surface area contributed by atoms with Gasteiger partial charge in [0.15, 0.2) is 5.16 Å². The number of rotatable bonds is 6. The van der Waals surface area contributed by atoms with Gasteiger partial charge in [0.1, 0.15) is 5.82 Å². The van der Waals surface area contributed by atoms with Gasteiger partial charge in [-0.3, -0.25) is 4.79 Å². The summed E-state index contributed by atoms with van der Waals surface area (Å²) in [7, 11) is 0. The Morgan fingerprint density at radius 3 is 2.48 bits per heavy atom. The number of carbonyl (C=O) groups is 1. The third-order valence-corrected chi connectivity index (χ3v) is 5.40. The lowest BCUT2D eigenvalue weighted by Crippen LogP contribution is -2.11. The predicted molar refractivity (Wildman–Crippen MR) is 110 cm³/mol. The van der Waals surface area contributed by atoms with Crippen molar-refractivity contribution in [3.05, 3.63) is 71.5 Å². The zero-order valence-electron chi connectivity index (χ0n) is 16.0. The van der Waals surface area contributed by atoms with E-state index in [1.54, 1.807) is 23.9 Å². The van der Waals surface area contributed by atoms with Crippen molar-refractivity contribution in [2.75, 3.05) is 5.32 Å². The third-order valence-electron chi connectivity index (χ3n) is 4.28. The maximum atomic E-state index is 12.4. The van der Waals surface area contributed by atoms with Gasteiger partial charge in [0.05, 0.1) is 0 Å². The first-order chi connectivity index (χ1) is 13.0. The largest absolute Gasteiger partial charge is 0.322 e. The summed E-state index contributed by atoms with van der Waals surface area (Å²) >= 11 is 1.67. The molecule has 0 saturated carbocycles. The lowest BCUT2D eigenvalue weighted by Gasteiger charge is -2.16. The first-order valence-corrected chi connectivity index (χ1v) is 9.88. The Hall–Kier alpha value is -2.60. The van der Waals surface area contributed by atoms with Crippen molar-refractivity contribution in [2.24, 2.45) is 0 Å². The molecule has 0 spiro atoms. The van der Waals surface area contributed by atoms with Crippen LogP contribution in [0.2, 0.25) is 0 Å². The molecule has 0 aliphatic rings. The second kappa shape index (κ2) is 8.39. The third kappa shape index (κ3) is 4.57. The summed E-state index contributed by atoms with van der Waals surface area (Å²) in [5.41, 5.74) is 2.56. The van der Waals surface area contributed by atoms with Gasteiger partial charge in [0, 0.05) is 22.5 Å². The van der Waals surface area contributed by atoms with Crippen LogP contribution in [0.15, 0.2) is 59.8 Å². The molecule has 6 heteroatoms. The van der Waals surface area contributed by atoms with Crippen molar-refractivity contribution in [3.8, 4) is 0 Å². The van der Waals surface area contributed by atoms with E-state index >= 15 is 0 Å². The molecule has 1 amide bonds. The van der Waals surface area contributed by atoms with Crippen LogP contribution in [0.25, 0.3) is 0 Å². The minimum atomic E-state index is -0.108. The number of benzene rings is 2. The van der Waals surface area contributed by atoms with Gasteiger partial charge in [-0.1, -0.05) is 42.1 Å². The highest BCUT2D eigenvalue weighted by atomic mass is 32.2. The van der Waals surface area contributed by atoms with Gasteiger partial charge >= 0.3 is 0 Å². The molecule has 3 rings (SSSR count). The van der Waals surface area contributed by atoms with Gasteiger partial charge in [-0.2, -0.15) is 0 Å². The number of anilines is 1. The highest BCUT2D eigenvalue weighted by Crippen LogP contribution is 2.35. The van der Waals surface area contributed by atoms with Crippen molar-refractivity contribution in [1.82, 2.24) is 14.8 Å². The number of hydrogen-bond donors (Lipinski definition) is 1. The van der Waals surface area contributed by atoms with Gasteiger partial charge < -0.3 is 9.88 Å². The zero-order valence-corrected chi connectivity index (χ0v) is 16.8. The Morgan fingerprint density at radius 1 is 1.04 bits per heavy atom. The van der Waals surface area contributed by atoms with Crippen molar-refractivity contribution < 1.29 is 4.79 Å². The summed E-state index contributed by atoms with van der Waals surface area (Å²) in [6.45, 7) is 8.37. The molecular formula is C21H24N4OS. The van der Waals surface area contributed by atoms with Gasteiger partial charge in [-0.15, -0.1) is 10.2 Å². The SMILES string of the molecule is Cc1nnc(SC(C)c2cccc(NC(=O)c3ccccc3)c2)n1C(C)C. The number of nitrogens with one attached hydrogen (secondary N) is 1. The molecule has 0 aliphatic carbocycles. The molecule has 0 fully saturated rings. The molecule has 0 bridgehead atoms. The van der Waals surface area contributed by atoms with Crippen molar-refractivity contribution in [3.63, 3.8) is 0 Å². The minimum Gasteiger partial charge on any atom is -0.322 e. The van der Waals surface area contributed by atoms with Crippen LogP contribution in [-0.4, -0.2) is 20.7 Å². The normalized spacial score (nSPS) is 12.2. The smallest absolute Gasteiger partial charge is 0.255 e. The Kier molecular flexibility index (Phi) is 5.96. The van der Waals surface area contributed by atoms with Crippen LogP contribution < -0.4 is 5.32 Å². The van der Waals surface area contributed by atoms with Gasteiger partial charge in [-0.25, -0.2) is 0 Å². The van der Waals surface area contributed by atoms with Crippen molar-refractivity contribution in [1.29, 1.82) is 0 Å². The van der Waals surface area contributed by atoms with E-state index in [1.165, 1.54) is 0 Å². The van der Waals surface area contributed by atoms with E-state index < -0.39 is 0 Å². The van der Waals surface area contributed by atoms with Crippen LogP contribution in [0.5, 0.6) is 0 Å². The molecule has 1 unspecified atom stereocenters. The molecule has 140 valence electrons. The van der Waals surface area contributed by atoms with E-state index in [0.717, 1.165) is 22.2 Å². The Bertz CT molecular complexity index is 921. The lowest BCUT2D eigenvalue weighted by atomic mass is 10.1. The molecule has 1 aromatic heterocycles. The van der Waals surface area contributed by atoms with Crippen LogP contribution in [-0.2, 0) is 0 Å². The van der Waals surface area contributed by atoms with Crippen LogP contribution in [0.3, 0.4) is 0 Å². The fourth-order valence-corrected chi connectivity index (χ4v) is 4.06. The molecule has 1 N–H and O–H groups in total. The van der Waals surface area contributed by atoms with Gasteiger partial charge in [0.25, 0.3) is 5.91 Å². The van der Waals surface area contributed by atoms with E-state index in [4.69, 9.17) is 0 Å². The summed E-state index contributed by atoms with van der Waals surface area (Å²) in [6, 6.07) is 17.5. The Labute approximate surface area is 164 Å². The summed E-state index contributed by atoms with van der Waals surface area (Å²) in [5.74, 6) is 0.812. The number of carbonyl (C=O) groups excluding carboxylic acids is 1. The molecule has 1 atom stereocenters. The van der Waals surface area contributed by atoms with Crippen molar-refractivity contribution >= 4 is 23.4 Å². The average molecular weight is 381 g/mol. The summed E-state index contributed by atoms with van der Waals surface area (Å²) < 4.78 is 2.14. The van der Waals surface area contributed by atoms with Crippen LogP contribution in [0, 0.1) is 6.92 Å². The highest BCUT2D eigenvalue weighted by molar-refractivity contribution is 7.99. The fourth-order valence-electron chi connectivity index (χ4n) is 2.91. The van der Waals surface area contributed by atoms with Gasteiger partial charge in [-0.05, 0) is 57.5 Å². The quantitative estimate of drug-likeness (QED) is 0.592. The summed E-state index contributed by atoms with van der Waals surface area (Å²) in [5, 5.41) is 12.6. The Balaban J connectivity index is 1.74. The number of amides is 1. The molecule has 0 aliphatic heterocycles.